The van der Waals surface area contributed by atoms with Crippen LogP contribution in [0.1, 0.15) is 11.4 Å². The Bertz CT molecular complexity index is 1280. The van der Waals surface area contributed by atoms with Gasteiger partial charge in [0.15, 0.2) is 0 Å². The van der Waals surface area contributed by atoms with Crippen LogP contribution in [0.2, 0.25) is 0 Å². The number of aromatic nitrogens is 4. The topological polar surface area (TPSA) is 73.0 Å². The van der Waals surface area contributed by atoms with E-state index in [0.29, 0.717) is 11.6 Å². The zero-order valence-corrected chi connectivity index (χ0v) is 17.7. The van der Waals surface area contributed by atoms with Crippen molar-refractivity contribution in [3.63, 3.8) is 0 Å². The number of aryl methyl sites for hydroxylation is 2. The van der Waals surface area contributed by atoms with Crippen LogP contribution in [0, 0.1) is 13.8 Å². The number of rotatable bonds is 5. The molecule has 31 heavy (non-hydrogen) atoms. The zero-order chi connectivity index (χ0) is 22.0. The monoisotopic (exact) mass is 413 g/mol. The summed E-state index contributed by atoms with van der Waals surface area (Å²) in [6.45, 7) is 3.62. The molecule has 2 aromatic carbocycles. The summed E-state index contributed by atoms with van der Waals surface area (Å²) in [5, 5.41) is 4.50. The lowest BCUT2D eigenvalue weighted by molar-refractivity contribution is -0.118. The van der Waals surface area contributed by atoms with Crippen LogP contribution in [-0.4, -0.2) is 32.3 Å². The van der Waals surface area contributed by atoms with Crippen molar-refractivity contribution in [2.24, 2.45) is 0 Å². The molecule has 0 spiro atoms. The van der Waals surface area contributed by atoms with Crippen LogP contribution in [-0.2, 0) is 11.3 Å². The number of likely N-dealkylation sites (N-methyl/N-ethyl adjacent to an activating group) is 1. The maximum absolute atomic E-state index is 13.1. The van der Waals surface area contributed by atoms with Gasteiger partial charge in [0.25, 0.3) is 5.56 Å². The Morgan fingerprint density at radius 2 is 1.61 bits per heavy atom. The third-order valence-corrected chi connectivity index (χ3v) is 5.07. The Morgan fingerprint density at radius 3 is 2.23 bits per heavy atom. The fourth-order valence-corrected chi connectivity index (χ4v) is 3.43. The number of hydrogen-bond acceptors (Lipinski definition) is 4. The summed E-state index contributed by atoms with van der Waals surface area (Å²) in [6.07, 6.45) is 0. The van der Waals surface area contributed by atoms with Gasteiger partial charge in [-0.1, -0.05) is 48.5 Å². The van der Waals surface area contributed by atoms with E-state index in [1.807, 2.05) is 80.6 Å². The number of carbonyl (C=O) groups excluding carboxylic acids is 1. The molecule has 4 aromatic rings. The molecule has 0 aliphatic carbocycles. The highest BCUT2D eigenvalue weighted by molar-refractivity contribution is 5.92. The van der Waals surface area contributed by atoms with E-state index in [4.69, 9.17) is 4.98 Å². The third kappa shape index (κ3) is 4.16. The largest absolute Gasteiger partial charge is 0.314 e. The first kappa shape index (κ1) is 20.3. The van der Waals surface area contributed by atoms with Crippen LogP contribution in [0.25, 0.3) is 17.2 Å². The first-order chi connectivity index (χ1) is 14.9. The standard InChI is InChI=1S/C24H23N5O2/c1-17-14-18(2)29(26-17)24-25-21(19-10-6-4-7-11-19)15-22(30)28(24)16-23(31)27(3)20-12-8-5-9-13-20/h4-15H,16H2,1-3H3. The summed E-state index contributed by atoms with van der Waals surface area (Å²) in [7, 11) is 1.69. The molecule has 0 aliphatic rings. The summed E-state index contributed by atoms with van der Waals surface area (Å²) in [6, 6.07) is 22.2. The molecule has 0 saturated carbocycles. The van der Waals surface area contributed by atoms with Crippen molar-refractivity contribution in [3.8, 4) is 17.2 Å². The van der Waals surface area contributed by atoms with Gasteiger partial charge in [-0.05, 0) is 32.0 Å². The average Bonchev–Trinajstić information content (AvgIpc) is 3.13. The van der Waals surface area contributed by atoms with Gasteiger partial charge in [-0.2, -0.15) is 5.10 Å². The van der Waals surface area contributed by atoms with Gasteiger partial charge in [0.2, 0.25) is 11.9 Å². The maximum Gasteiger partial charge on any atom is 0.256 e. The normalized spacial score (nSPS) is 10.8. The van der Waals surface area contributed by atoms with Crippen molar-refractivity contribution >= 4 is 11.6 Å². The van der Waals surface area contributed by atoms with Crippen molar-refractivity contribution in [2.45, 2.75) is 20.4 Å². The molecule has 7 nitrogen and oxygen atoms in total. The SMILES string of the molecule is Cc1cc(C)n(-c2nc(-c3ccccc3)cc(=O)n2CC(=O)N(C)c2ccccc2)n1. The molecule has 1 amide bonds. The molecule has 2 aromatic heterocycles. The molecule has 0 saturated heterocycles. The van der Waals surface area contributed by atoms with Gasteiger partial charge >= 0.3 is 0 Å². The van der Waals surface area contributed by atoms with Gasteiger partial charge in [-0.25, -0.2) is 9.67 Å². The van der Waals surface area contributed by atoms with E-state index < -0.39 is 0 Å². The second kappa shape index (κ2) is 8.39. The fraction of sp³-hybridized carbons (Fsp3) is 0.167. The summed E-state index contributed by atoms with van der Waals surface area (Å²) >= 11 is 0. The van der Waals surface area contributed by atoms with Crippen LogP contribution in [0.5, 0.6) is 0 Å². The zero-order valence-electron chi connectivity index (χ0n) is 17.7. The smallest absolute Gasteiger partial charge is 0.256 e. The van der Waals surface area contributed by atoms with Crippen molar-refractivity contribution in [1.82, 2.24) is 19.3 Å². The Hall–Kier alpha value is -4.00. The molecule has 156 valence electrons. The van der Waals surface area contributed by atoms with Crippen molar-refractivity contribution < 1.29 is 4.79 Å². The molecular formula is C24H23N5O2. The van der Waals surface area contributed by atoms with Gasteiger partial charge in [-0.3, -0.25) is 14.2 Å². The minimum Gasteiger partial charge on any atom is -0.314 e. The minimum absolute atomic E-state index is 0.153. The third-order valence-electron chi connectivity index (χ3n) is 5.07. The highest BCUT2D eigenvalue weighted by Crippen LogP contribution is 2.18. The van der Waals surface area contributed by atoms with Crippen LogP contribution in [0.3, 0.4) is 0 Å². The lowest BCUT2D eigenvalue weighted by Gasteiger charge is -2.20. The summed E-state index contributed by atoms with van der Waals surface area (Å²) in [5.74, 6) is 0.0807. The molecule has 0 unspecified atom stereocenters. The minimum atomic E-state index is -0.314. The number of hydrogen-bond donors (Lipinski definition) is 0. The Labute approximate surface area is 180 Å². The quantitative estimate of drug-likeness (QED) is 0.503. The van der Waals surface area contributed by atoms with Gasteiger partial charge in [0.05, 0.1) is 11.4 Å². The van der Waals surface area contributed by atoms with Crippen LogP contribution in [0.4, 0.5) is 5.69 Å². The summed E-state index contributed by atoms with van der Waals surface area (Å²) < 4.78 is 2.98. The van der Waals surface area contributed by atoms with E-state index in [0.717, 1.165) is 22.6 Å². The lowest BCUT2D eigenvalue weighted by atomic mass is 10.1. The second-order valence-corrected chi connectivity index (χ2v) is 7.36. The van der Waals surface area contributed by atoms with E-state index in [2.05, 4.69) is 5.10 Å². The molecule has 0 aliphatic heterocycles. The lowest BCUT2D eigenvalue weighted by Crippen LogP contribution is -2.36. The number of nitrogens with zero attached hydrogens (tertiary/aromatic N) is 5. The molecule has 0 N–H and O–H groups in total. The highest BCUT2D eigenvalue weighted by Gasteiger charge is 2.19. The van der Waals surface area contributed by atoms with Crippen LogP contribution >= 0.6 is 0 Å². The first-order valence-electron chi connectivity index (χ1n) is 9.96. The molecule has 2 heterocycles. The van der Waals surface area contributed by atoms with Gasteiger partial charge in [0.1, 0.15) is 6.54 Å². The van der Waals surface area contributed by atoms with E-state index in [1.54, 1.807) is 11.7 Å². The summed E-state index contributed by atoms with van der Waals surface area (Å²) in [4.78, 5) is 32.4. The Balaban J connectivity index is 1.80. The molecule has 4 rings (SSSR count). The molecule has 0 atom stereocenters. The maximum atomic E-state index is 13.1. The Kier molecular flexibility index (Phi) is 5.49. The number of anilines is 1. The second-order valence-electron chi connectivity index (χ2n) is 7.36. The number of carbonyl (C=O) groups is 1. The van der Waals surface area contributed by atoms with Crippen molar-refractivity contribution in [2.75, 3.05) is 11.9 Å². The van der Waals surface area contributed by atoms with Crippen LogP contribution < -0.4 is 10.5 Å². The predicted molar refractivity (Wildman–Crippen MR) is 120 cm³/mol. The van der Waals surface area contributed by atoms with E-state index >= 15 is 0 Å². The number of benzene rings is 2. The van der Waals surface area contributed by atoms with Crippen molar-refractivity contribution in [1.29, 1.82) is 0 Å². The van der Waals surface area contributed by atoms with E-state index in [9.17, 15) is 9.59 Å². The van der Waals surface area contributed by atoms with Gasteiger partial charge < -0.3 is 4.90 Å². The Morgan fingerprint density at radius 1 is 0.968 bits per heavy atom. The van der Waals surface area contributed by atoms with Gasteiger partial charge in [0, 0.05) is 30.1 Å². The number of amides is 1. The fourth-order valence-electron chi connectivity index (χ4n) is 3.43. The first-order valence-corrected chi connectivity index (χ1v) is 9.96. The molecular weight excluding hydrogens is 390 g/mol. The molecule has 0 fully saturated rings. The van der Waals surface area contributed by atoms with Crippen molar-refractivity contribution in [3.05, 3.63) is 94.5 Å². The summed E-state index contributed by atoms with van der Waals surface area (Å²) in [5.41, 5.74) is 3.42. The van der Waals surface area contributed by atoms with Crippen LogP contribution in [0.15, 0.2) is 77.6 Å². The number of para-hydroxylation sites is 1. The molecule has 0 radical (unpaired) electrons. The molecule has 0 bridgehead atoms. The average molecular weight is 413 g/mol. The molecule has 7 heteroatoms. The van der Waals surface area contributed by atoms with E-state index in [-0.39, 0.29) is 18.0 Å². The highest BCUT2D eigenvalue weighted by atomic mass is 16.2. The van der Waals surface area contributed by atoms with E-state index in [1.165, 1.54) is 15.5 Å². The predicted octanol–water partition coefficient (Wildman–Crippen LogP) is 3.38. The van der Waals surface area contributed by atoms with Gasteiger partial charge in [-0.15, -0.1) is 0 Å².